The molecule has 0 saturated heterocycles. The van der Waals surface area contributed by atoms with Gasteiger partial charge < -0.3 is 15.8 Å². The van der Waals surface area contributed by atoms with Gasteiger partial charge in [-0.2, -0.15) is 0 Å². The zero-order valence-corrected chi connectivity index (χ0v) is 13.3. The second-order valence-corrected chi connectivity index (χ2v) is 5.49. The zero-order chi connectivity index (χ0) is 17.5. The molecule has 0 aliphatic heterocycles. The summed E-state index contributed by atoms with van der Waals surface area (Å²) in [7, 11) is 0. The molecule has 2 aromatic carbocycles. The average molecular weight is 330 g/mol. The molecule has 0 radical (unpaired) electrons. The first-order valence-electron chi connectivity index (χ1n) is 7.52. The van der Waals surface area contributed by atoms with E-state index in [1.807, 2.05) is 12.1 Å². The van der Waals surface area contributed by atoms with E-state index in [9.17, 15) is 14.0 Å². The fourth-order valence-electron chi connectivity index (χ4n) is 2.07. The first-order chi connectivity index (χ1) is 11.4. The maximum absolute atomic E-state index is 12.8. The van der Waals surface area contributed by atoms with Gasteiger partial charge in [0.25, 0.3) is 0 Å². The van der Waals surface area contributed by atoms with Gasteiger partial charge in [-0.1, -0.05) is 19.1 Å². The van der Waals surface area contributed by atoms with Crippen molar-refractivity contribution >= 4 is 11.8 Å². The van der Waals surface area contributed by atoms with E-state index < -0.39 is 11.8 Å². The Morgan fingerprint density at radius 3 is 2.17 bits per heavy atom. The van der Waals surface area contributed by atoms with Gasteiger partial charge in [-0.25, -0.2) is 4.39 Å². The number of carbonyl (C=O) groups is 2. The van der Waals surface area contributed by atoms with E-state index in [-0.39, 0.29) is 18.1 Å². The molecule has 0 fully saturated rings. The van der Waals surface area contributed by atoms with Gasteiger partial charge in [0, 0.05) is 18.9 Å². The third-order valence-corrected chi connectivity index (χ3v) is 3.39. The molecule has 0 unspecified atom stereocenters. The molecule has 126 valence electrons. The number of primary amides is 1. The summed E-state index contributed by atoms with van der Waals surface area (Å²) in [4.78, 5) is 22.6. The number of ether oxygens (including phenoxy) is 1. The van der Waals surface area contributed by atoms with E-state index >= 15 is 0 Å². The Bertz CT molecular complexity index is 699. The number of nitrogens with two attached hydrogens (primary N) is 1. The lowest BCUT2D eigenvalue weighted by Gasteiger charge is -2.11. The lowest BCUT2D eigenvalue weighted by Crippen LogP contribution is -2.31. The highest BCUT2D eigenvalue weighted by molar-refractivity contribution is 5.84. The average Bonchev–Trinajstić information content (AvgIpc) is 2.55. The van der Waals surface area contributed by atoms with Crippen molar-refractivity contribution in [2.24, 2.45) is 11.7 Å². The molecule has 0 saturated carbocycles. The molecule has 0 aliphatic carbocycles. The summed E-state index contributed by atoms with van der Waals surface area (Å²) in [6, 6.07) is 12.9. The predicted molar refractivity (Wildman–Crippen MR) is 87.7 cm³/mol. The fraction of sp³-hybridized carbons (Fsp3) is 0.222. The lowest BCUT2D eigenvalue weighted by atomic mass is 10.1. The SMILES string of the molecule is C[C@@H](CC(N)=O)C(=O)NCc1ccc(Oc2ccc(F)cc2)cc1. The molecule has 2 aromatic rings. The highest BCUT2D eigenvalue weighted by Crippen LogP contribution is 2.21. The number of amides is 2. The van der Waals surface area contributed by atoms with Crippen LogP contribution in [-0.2, 0) is 16.1 Å². The van der Waals surface area contributed by atoms with E-state index in [0.29, 0.717) is 18.0 Å². The van der Waals surface area contributed by atoms with Crippen molar-refractivity contribution in [2.75, 3.05) is 0 Å². The van der Waals surface area contributed by atoms with E-state index in [1.54, 1.807) is 31.2 Å². The van der Waals surface area contributed by atoms with Crippen molar-refractivity contribution in [1.82, 2.24) is 5.32 Å². The lowest BCUT2D eigenvalue weighted by molar-refractivity contribution is -0.128. The van der Waals surface area contributed by atoms with E-state index in [4.69, 9.17) is 10.5 Å². The Kier molecular flexibility index (Phi) is 5.89. The first-order valence-corrected chi connectivity index (χ1v) is 7.52. The second-order valence-electron chi connectivity index (χ2n) is 5.49. The molecule has 0 bridgehead atoms. The number of carbonyl (C=O) groups excluding carboxylic acids is 2. The van der Waals surface area contributed by atoms with Crippen molar-refractivity contribution in [1.29, 1.82) is 0 Å². The third-order valence-electron chi connectivity index (χ3n) is 3.39. The summed E-state index contributed by atoms with van der Waals surface area (Å²) < 4.78 is 18.4. The topological polar surface area (TPSA) is 81.4 Å². The quantitative estimate of drug-likeness (QED) is 0.819. The second kappa shape index (κ2) is 8.10. The molecular formula is C18H19FN2O3. The summed E-state index contributed by atoms with van der Waals surface area (Å²) >= 11 is 0. The summed E-state index contributed by atoms with van der Waals surface area (Å²) in [6.45, 7) is 2.00. The molecule has 0 aliphatic rings. The molecule has 2 amide bonds. The Hall–Kier alpha value is -2.89. The van der Waals surface area contributed by atoms with Crippen LogP contribution in [0.5, 0.6) is 11.5 Å². The standard InChI is InChI=1S/C18H19FN2O3/c1-12(10-17(20)22)18(23)21-11-13-2-6-15(7-3-13)24-16-8-4-14(19)5-9-16/h2-9,12H,10-11H2,1H3,(H2,20,22)(H,21,23)/t12-/m0/s1. The summed E-state index contributed by atoms with van der Waals surface area (Å²) in [5.41, 5.74) is 5.96. The molecule has 3 N–H and O–H groups in total. The van der Waals surface area contributed by atoms with Crippen LogP contribution in [0.25, 0.3) is 0 Å². The van der Waals surface area contributed by atoms with E-state index in [1.165, 1.54) is 12.1 Å². The van der Waals surface area contributed by atoms with Gasteiger partial charge in [-0.05, 0) is 42.0 Å². The monoisotopic (exact) mass is 330 g/mol. The molecular weight excluding hydrogens is 311 g/mol. The molecule has 0 spiro atoms. The maximum atomic E-state index is 12.8. The molecule has 5 nitrogen and oxygen atoms in total. The number of halogens is 1. The van der Waals surface area contributed by atoms with Crippen LogP contribution >= 0.6 is 0 Å². The summed E-state index contributed by atoms with van der Waals surface area (Å²) in [6.07, 6.45) is 0.0241. The first kappa shape index (κ1) is 17.5. The van der Waals surface area contributed by atoms with Crippen molar-refractivity contribution < 1.29 is 18.7 Å². The minimum Gasteiger partial charge on any atom is -0.457 e. The van der Waals surface area contributed by atoms with Crippen LogP contribution < -0.4 is 15.8 Å². The smallest absolute Gasteiger partial charge is 0.223 e. The highest BCUT2D eigenvalue weighted by Gasteiger charge is 2.14. The van der Waals surface area contributed by atoms with Crippen molar-refractivity contribution in [2.45, 2.75) is 19.9 Å². The number of nitrogens with one attached hydrogen (secondary N) is 1. The van der Waals surface area contributed by atoms with Crippen LogP contribution in [0.15, 0.2) is 48.5 Å². The van der Waals surface area contributed by atoms with Gasteiger partial charge in [0.05, 0.1) is 0 Å². The van der Waals surface area contributed by atoms with Gasteiger partial charge in [0.15, 0.2) is 0 Å². The van der Waals surface area contributed by atoms with Gasteiger partial charge in [0.2, 0.25) is 11.8 Å². The molecule has 2 rings (SSSR count). The Morgan fingerprint density at radius 1 is 1.08 bits per heavy atom. The van der Waals surface area contributed by atoms with Crippen LogP contribution in [0.1, 0.15) is 18.9 Å². The van der Waals surface area contributed by atoms with Crippen LogP contribution in [0, 0.1) is 11.7 Å². The maximum Gasteiger partial charge on any atom is 0.223 e. The van der Waals surface area contributed by atoms with Crippen LogP contribution in [0.2, 0.25) is 0 Å². The Morgan fingerprint density at radius 2 is 1.62 bits per heavy atom. The van der Waals surface area contributed by atoms with Crippen LogP contribution in [0.4, 0.5) is 4.39 Å². The van der Waals surface area contributed by atoms with Crippen molar-refractivity contribution in [3.63, 3.8) is 0 Å². The summed E-state index contributed by atoms with van der Waals surface area (Å²) in [5, 5.41) is 2.75. The van der Waals surface area contributed by atoms with Crippen LogP contribution in [-0.4, -0.2) is 11.8 Å². The van der Waals surface area contributed by atoms with Gasteiger partial charge in [0.1, 0.15) is 17.3 Å². The van der Waals surface area contributed by atoms with E-state index in [2.05, 4.69) is 5.32 Å². The molecule has 1 atom stereocenters. The minimum absolute atomic E-state index is 0.0241. The molecule has 0 heterocycles. The van der Waals surface area contributed by atoms with E-state index in [0.717, 1.165) is 5.56 Å². The highest BCUT2D eigenvalue weighted by atomic mass is 19.1. The van der Waals surface area contributed by atoms with Gasteiger partial charge >= 0.3 is 0 Å². The molecule has 24 heavy (non-hydrogen) atoms. The normalized spacial score (nSPS) is 11.6. The van der Waals surface area contributed by atoms with Crippen LogP contribution in [0.3, 0.4) is 0 Å². The molecule has 0 aromatic heterocycles. The third kappa shape index (κ3) is 5.39. The largest absolute Gasteiger partial charge is 0.457 e. The minimum atomic E-state index is -0.500. The van der Waals surface area contributed by atoms with Crippen molar-refractivity contribution in [3.05, 3.63) is 59.9 Å². The number of rotatable bonds is 7. The summed E-state index contributed by atoms with van der Waals surface area (Å²) in [5.74, 6) is -0.348. The van der Waals surface area contributed by atoms with Crippen molar-refractivity contribution in [3.8, 4) is 11.5 Å². The van der Waals surface area contributed by atoms with Gasteiger partial charge in [-0.3, -0.25) is 9.59 Å². The Labute approximate surface area is 139 Å². The Balaban J connectivity index is 1.86. The number of hydrogen-bond acceptors (Lipinski definition) is 3. The zero-order valence-electron chi connectivity index (χ0n) is 13.3. The fourth-order valence-corrected chi connectivity index (χ4v) is 2.07. The molecule has 6 heteroatoms. The number of hydrogen-bond donors (Lipinski definition) is 2. The number of benzene rings is 2. The predicted octanol–water partition coefficient (Wildman–Crippen LogP) is 2.75. The van der Waals surface area contributed by atoms with Gasteiger partial charge in [-0.15, -0.1) is 0 Å².